The molecular weight excluding hydrogens is 460 g/mol. The quantitative estimate of drug-likeness (QED) is 0.226. The molecule has 6 aromatic rings. The first-order valence-corrected chi connectivity index (χ1v) is 13.4. The van der Waals surface area contributed by atoms with Crippen LogP contribution >= 0.6 is 0 Å². The fraction of sp³-hybridized carbons (Fsp3) is 0.167. The highest BCUT2D eigenvalue weighted by molar-refractivity contribution is 6.05. The first kappa shape index (κ1) is 22.9. The molecule has 184 valence electrons. The van der Waals surface area contributed by atoms with Gasteiger partial charge in [-0.1, -0.05) is 125 Å². The van der Waals surface area contributed by atoms with Crippen LogP contribution in [0.15, 0.2) is 109 Å². The van der Waals surface area contributed by atoms with E-state index in [9.17, 15) is 0 Å². The maximum atomic E-state index is 5.36. The van der Waals surface area contributed by atoms with E-state index in [-0.39, 0.29) is 10.8 Å². The van der Waals surface area contributed by atoms with E-state index in [0.29, 0.717) is 0 Å². The van der Waals surface area contributed by atoms with Crippen molar-refractivity contribution in [2.24, 2.45) is 0 Å². The summed E-state index contributed by atoms with van der Waals surface area (Å²) in [6.07, 6.45) is 0. The van der Waals surface area contributed by atoms with Gasteiger partial charge in [-0.2, -0.15) is 0 Å². The Morgan fingerprint density at radius 2 is 1.16 bits per heavy atom. The van der Waals surface area contributed by atoms with Gasteiger partial charge in [0.15, 0.2) is 0 Å². The molecule has 0 atom stereocenters. The number of rotatable bonds is 2. The molecule has 5 aromatic carbocycles. The van der Waals surface area contributed by atoms with Crippen LogP contribution in [0.3, 0.4) is 0 Å². The normalized spacial score (nSPS) is 15.3. The molecule has 0 fully saturated rings. The van der Waals surface area contributed by atoms with E-state index in [0.717, 1.165) is 38.9 Å². The van der Waals surface area contributed by atoms with E-state index in [2.05, 4.69) is 131 Å². The third-order valence-electron chi connectivity index (χ3n) is 9.03. The summed E-state index contributed by atoms with van der Waals surface area (Å²) in [4.78, 5) is 10.6. The zero-order valence-corrected chi connectivity index (χ0v) is 22.3. The molecule has 1 aromatic heterocycles. The van der Waals surface area contributed by atoms with Gasteiger partial charge in [-0.3, -0.25) is 0 Å². The number of fused-ring (bicyclic) bond motifs is 6. The zero-order valence-electron chi connectivity index (χ0n) is 22.3. The Balaban J connectivity index is 1.54. The second-order valence-corrected chi connectivity index (χ2v) is 11.5. The van der Waals surface area contributed by atoms with Gasteiger partial charge < -0.3 is 0 Å². The molecule has 0 saturated carbocycles. The largest absolute Gasteiger partial charge is 0.244 e. The van der Waals surface area contributed by atoms with Gasteiger partial charge in [0.1, 0.15) is 0 Å². The van der Waals surface area contributed by atoms with Gasteiger partial charge in [-0.15, -0.1) is 0 Å². The molecule has 1 aliphatic carbocycles. The predicted molar refractivity (Wildman–Crippen MR) is 159 cm³/mol. The standard InChI is InChI=1S/C36H30N2/c1-35(2)29-17-11-10-16-27(29)28-20-18-25(22-30(28)36(35,3)4)33-32(24-13-6-5-7-14-24)37-31-21-19-23-12-8-9-15-26(23)34(31)38-33/h5-22H,1-4H3. The van der Waals surface area contributed by atoms with Crippen molar-refractivity contribution in [3.8, 4) is 33.6 Å². The van der Waals surface area contributed by atoms with E-state index >= 15 is 0 Å². The molecule has 0 amide bonds. The molecule has 0 spiro atoms. The van der Waals surface area contributed by atoms with E-state index < -0.39 is 0 Å². The maximum absolute atomic E-state index is 5.36. The van der Waals surface area contributed by atoms with Crippen molar-refractivity contribution in [2.75, 3.05) is 0 Å². The monoisotopic (exact) mass is 490 g/mol. The van der Waals surface area contributed by atoms with Crippen LogP contribution < -0.4 is 0 Å². The Labute approximate surface area is 224 Å². The second kappa shape index (κ2) is 8.10. The summed E-state index contributed by atoms with van der Waals surface area (Å²) >= 11 is 0. The number of benzene rings is 5. The molecule has 0 aliphatic heterocycles. The topological polar surface area (TPSA) is 25.8 Å². The molecule has 0 N–H and O–H groups in total. The van der Waals surface area contributed by atoms with Gasteiger partial charge in [0, 0.05) is 16.5 Å². The lowest BCUT2D eigenvalue weighted by atomic mass is 9.55. The fourth-order valence-corrected chi connectivity index (χ4v) is 6.17. The van der Waals surface area contributed by atoms with Crippen molar-refractivity contribution in [1.29, 1.82) is 0 Å². The Morgan fingerprint density at radius 3 is 2.00 bits per heavy atom. The summed E-state index contributed by atoms with van der Waals surface area (Å²) in [5, 5.41) is 2.31. The summed E-state index contributed by atoms with van der Waals surface area (Å²) in [6.45, 7) is 9.50. The highest BCUT2D eigenvalue weighted by Crippen LogP contribution is 2.54. The Hall–Kier alpha value is -4.30. The fourth-order valence-electron chi connectivity index (χ4n) is 6.17. The molecule has 0 saturated heterocycles. The van der Waals surface area contributed by atoms with Crippen LogP contribution in [0.1, 0.15) is 38.8 Å². The van der Waals surface area contributed by atoms with E-state index in [4.69, 9.17) is 9.97 Å². The first-order chi connectivity index (χ1) is 18.4. The lowest BCUT2D eigenvalue weighted by molar-refractivity contribution is 0.299. The molecule has 2 heteroatoms. The van der Waals surface area contributed by atoms with Gasteiger partial charge >= 0.3 is 0 Å². The summed E-state index contributed by atoms with van der Waals surface area (Å²) in [5.41, 5.74) is 11.2. The predicted octanol–water partition coefficient (Wildman–Crippen LogP) is 9.35. The average molecular weight is 491 g/mol. The maximum Gasteiger partial charge on any atom is 0.0973 e. The highest BCUT2D eigenvalue weighted by atomic mass is 14.8. The Bertz CT molecular complexity index is 1860. The number of aromatic nitrogens is 2. The Kier molecular flexibility index (Phi) is 4.87. The summed E-state index contributed by atoms with van der Waals surface area (Å²) < 4.78 is 0. The van der Waals surface area contributed by atoms with E-state index in [1.807, 2.05) is 6.07 Å². The summed E-state index contributed by atoms with van der Waals surface area (Å²) in [6, 6.07) is 38.9. The number of nitrogens with zero attached hydrogens (tertiary/aromatic N) is 2. The van der Waals surface area contributed by atoms with Crippen LogP contribution in [-0.4, -0.2) is 9.97 Å². The third kappa shape index (κ3) is 3.20. The van der Waals surface area contributed by atoms with Crippen molar-refractivity contribution in [3.05, 3.63) is 120 Å². The minimum absolute atomic E-state index is 0.0251. The summed E-state index contributed by atoms with van der Waals surface area (Å²) in [7, 11) is 0. The Morgan fingerprint density at radius 1 is 0.500 bits per heavy atom. The van der Waals surface area contributed by atoms with Crippen LogP contribution in [0.2, 0.25) is 0 Å². The summed E-state index contributed by atoms with van der Waals surface area (Å²) in [5.74, 6) is 0. The molecule has 0 radical (unpaired) electrons. The van der Waals surface area contributed by atoms with E-state index in [1.54, 1.807) is 0 Å². The van der Waals surface area contributed by atoms with Gasteiger partial charge in [-0.25, -0.2) is 9.97 Å². The number of hydrogen-bond donors (Lipinski definition) is 0. The van der Waals surface area contributed by atoms with Crippen LogP contribution in [0.25, 0.3) is 55.4 Å². The smallest absolute Gasteiger partial charge is 0.0973 e. The van der Waals surface area contributed by atoms with Crippen molar-refractivity contribution in [3.63, 3.8) is 0 Å². The molecule has 2 nitrogen and oxygen atoms in total. The van der Waals surface area contributed by atoms with Crippen molar-refractivity contribution >= 4 is 21.8 Å². The minimum atomic E-state index is -0.0728. The average Bonchev–Trinajstić information content (AvgIpc) is 2.96. The van der Waals surface area contributed by atoms with Crippen LogP contribution in [0.4, 0.5) is 0 Å². The SMILES string of the molecule is CC1(C)c2ccccc2-c2ccc(-c3nc4c(ccc5ccccc54)nc3-c3ccccc3)cc2C1(C)C. The van der Waals surface area contributed by atoms with Crippen LogP contribution in [0, 0.1) is 0 Å². The zero-order chi connectivity index (χ0) is 26.1. The molecule has 0 bridgehead atoms. The van der Waals surface area contributed by atoms with Gasteiger partial charge in [-0.05, 0) is 50.6 Å². The van der Waals surface area contributed by atoms with E-state index in [1.165, 1.54) is 27.6 Å². The second-order valence-electron chi connectivity index (χ2n) is 11.5. The third-order valence-corrected chi connectivity index (χ3v) is 9.03. The highest BCUT2D eigenvalue weighted by Gasteiger charge is 2.45. The lowest BCUT2D eigenvalue weighted by Crippen LogP contribution is -2.43. The molecule has 0 unspecified atom stereocenters. The van der Waals surface area contributed by atoms with Gasteiger partial charge in [0.05, 0.1) is 22.4 Å². The van der Waals surface area contributed by atoms with Gasteiger partial charge in [0.25, 0.3) is 0 Å². The van der Waals surface area contributed by atoms with Crippen LogP contribution in [0.5, 0.6) is 0 Å². The molecule has 1 aliphatic rings. The molecule has 1 heterocycles. The lowest BCUT2D eigenvalue weighted by Gasteiger charge is -2.48. The minimum Gasteiger partial charge on any atom is -0.244 e. The molecule has 7 rings (SSSR count). The van der Waals surface area contributed by atoms with Crippen molar-refractivity contribution in [1.82, 2.24) is 9.97 Å². The van der Waals surface area contributed by atoms with Gasteiger partial charge in [0.2, 0.25) is 0 Å². The van der Waals surface area contributed by atoms with Crippen molar-refractivity contribution in [2.45, 2.75) is 38.5 Å². The van der Waals surface area contributed by atoms with Crippen molar-refractivity contribution < 1.29 is 0 Å². The molecular formula is C36H30N2. The number of hydrogen-bond acceptors (Lipinski definition) is 2. The molecule has 38 heavy (non-hydrogen) atoms. The first-order valence-electron chi connectivity index (χ1n) is 13.4. The van der Waals surface area contributed by atoms with Crippen LogP contribution in [-0.2, 0) is 10.8 Å².